The molecule has 1 unspecified atom stereocenters. The Labute approximate surface area is 112 Å². The van der Waals surface area contributed by atoms with Crippen LogP contribution in [0.4, 0.5) is 0 Å². The molecule has 4 nitrogen and oxygen atoms in total. The second kappa shape index (κ2) is 6.29. The number of nitrogens with zero attached hydrogens (tertiary/aromatic N) is 2. The van der Waals surface area contributed by atoms with Crippen LogP contribution < -0.4 is 0 Å². The maximum absolute atomic E-state index is 10.4. The van der Waals surface area contributed by atoms with Crippen LogP contribution in [-0.2, 0) is 11.2 Å². The maximum atomic E-state index is 10.4. The number of likely N-dealkylation sites (tertiary alicyclic amines) is 1. The highest BCUT2D eigenvalue weighted by Gasteiger charge is 2.23. The molecule has 1 aliphatic rings. The van der Waals surface area contributed by atoms with Gasteiger partial charge in [0.2, 0.25) is 0 Å². The van der Waals surface area contributed by atoms with Crippen LogP contribution in [0, 0.1) is 0 Å². The molecule has 2 rings (SSSR count). The van der Waals surface area contributed by atoms with E-state index in [9.17, 15) is 4.79 Å². The molecule has 0 spiro atoms. The van der Waals surface area contributed by atoms with Gasteiger partial charge in [0.1, 0.15) is 0 Å². The molecule has 0 amide bonds. The number of hydrogen-bond acceptors (Lipinski definition) is 4. The van der Waals surface area contributed by atoms with Gasteiger partial charge in [0.25, 0.3) is 0 Å². The molecule has 1 atom stereocenters. The fourth-order valence-electron chi connectivity index (χ4n) is 2.36. The van der Waals surface area contributed by atoms with Crippen LogP contribution in [-0.4, -0.2) is 41.1 Å². The number of unbranched alkanes of at least 4 members (excludes halogenated alkanes) is 1. The Balaban J connectivity index is 1.77. The summed E-state index contributed by atoms with van der Waals surface area (Å²) >= 11 is 1.72. The standard InChI is InChI=1S/C13H20N2O2S/c1-15-7-6-10(8-15)11-9-18-12(14-11)4-2-3-5-13(16)17/h9-10H,2-8H2,1H3,(H,16,17). The van der Waals surface area contributed by atoms with Gasteiger partial charge in [-0.2, -0.15) is 0 Å². The monoisotopic (exact) mass is 268 g/mol. The topological polar surface area (TPSA) is 53.4 Å². The fourth-order valence-corrected chi connectivity index (χ4v) is 3.28. The first-order chi connectivity index (χ1) is 8.65. The number of aliphatic carboxylic acids is 1. The summed E-state index contributed by atoms with van der Waals surface area (Å²) in [5.41, 5.74) is 1.23. The van der Waals surface area contributed by atoms with E-state index in [0.29, 0.717) is 5.92 Å². The minimum atomic E-state index is -0.705. The molecule has 2 heterocycles. The number of likely N-dealkylation sites (N-methyl/N-ethyl adjacent to an activating group) is 1. The van der Waals surface area contributed by atoms with Crippen LogP contribution in [0.2, 0.25) is 0 Å². The largest absolute Gasteiger partial charge is 0.481 e. The Kier molecular flexibility index (Phi) is 4.72. The zero-order valence-electron chi connectivity index (χ0n) is 10.8. The third kappa shape index (κ3) is 3.78. The normalized spacial score (nSPS) is 20.4. The summed E-state index contributed by atoms with van der Waals surface area (Å²) < 4.78 is 0. The lowest BCUT2D eigenvalue weighted by molar-refractivity contribution is -0.137. The van der Waals surface area contributed by atoms with Gasteiger partial charge in [-0.05, 0) is 39.3 Å². The summed E-state index contributed by atoms with van der Waals surface area (Å²) in [5.74, 6) is -0.108. The second-order valence-electron chi connectivity index (χ2n) is 5.01. The van der Waals surface area contributed by atoms with Crippen molar-refractivity contribution in [3.8, 4) is 0 Å². The van der Waals surface area contributed by atoms with Gasteiger partial charge in [-0.3, -0.25) is 4.79 Å². The van der Waals surface area contributed by atoms with E-state index in [0.717, 1.165) is 37.4 Å². The first-order valence-electron chi connectivity index (χ1n) is 6.50. The molecule has 1 fully saturated rings. The van der Waals surface area contributed by atoms with Crippen molar-refractivity contribution in [3.63, 3.8) is 0 Å². The molecule has 0 saturated carbocycles. The van der Waals surface area contributed by atoms with Gasteiger partial charge >= 0.3 is 5.97 Å². The summed E-state index contributed by atoms with van der Waals surface area (Å²) in [6.07, 6.45) is 4.06. The summed E-state index contributed by atoms with van der Waals surface area (Å²) in [4.78, 5) is 17.4. The van der Waals surface area contributed by atoms with Gasteiger partial charge in [-0.25, -0.2) is 4.98 Å². The average Bonchev–Trinajstić information content (AvgIpc) is 2.93. The van der Waals surface area contributed by atoms with Crippen molar-refractivity contribution in [2.24, 2.45) is 0 Å². The summed E-state index contributed by atoms with van der Waals surface area (Å²) in [6, 6.07) is 0. The Morgan fingerprint density at radius 1 is 1.61 bits per heavy atom. The molecule has 1 aromatic heterocycles. The molecular weight excluding hydrogens is 248 g/mol. The molecular formula is C13H20N2O2S. The Bertz CT molecular complexity index is 405. The third-order valence-electron chi connectivity index (χ3n) is 3.41. The summed E-state index contributed by atoms with van der Waals surface area (Å²) in [7, 11) is 2.15. The first-order valence-corrected chi connectivity index (χ1v) is 7.38. The third-order valence-corrected chi connectivity index (χ3v) is 4.34. The van der Waals surface area contributed by atoms with Crippen LogP contribution in [0.25, 0.3) is 0 Å². The molecule has 18 heavy (non-hydrogen) atoms. The predicted octanol–water partition coefficient (Wildman–Crippen LogP) is 2.36. The zero-order chi connectivity index (χ0) is 13.0. The number of aromatic nitrogens is 1. The predicted molar refractivity (Wildman–Crippen MR) is 72.2 cm³/mol. The van der Waals surface area contributed by atoms with E-state index in [4.69, 9.17) is 5.11 Å². The second-order valence-corrected chi connectivity index (χ2v) is 5.96. The van der Waals surface area contributed by atoms with Crippen LogP contribution >= 0.6 is 11.3 Å². The van der Waals surface area contributed by atoms with Gasteiger partial charge in [0.05, 0.1) is 10.7 Å². The molecule has 0 bridgehead atoms. The molecule has 0 radical (unpaired) electrons. The van der Waals surface area contributed by atoms with E-state index in [-0.39, 0.29) is 6.42 Å². The van der Waals surface area contributed by atoms with E-state index < -0.39 is 5.97 Å². The lowest BCUT2D eigenvalue weighted by Gasteiger charge is -2.07. The SMILES string of the molecule is CN1CCC(c2csc(CCCCC(=O)O)n2)C1. The summed E-state index contributed by atoms with van der Waals surface area (Å²) in [5, 5.41) is 11.9. The van der Waals surface area contributed by atoms with E-state index in [2.05, 4.69) is 22.3 Å². The van der Waals surface area contributed by atoms with E-state index >= 15 is 0 Å². The van der Waals surface area contributed by atoms with Crippen molar-refractivity contribution in [2.45, 2.75) is 38.0 Å². The minimum Gasteiger partial charge on any atom is -0.481 e. The smallest absolute Gasteiger partial charge is 0.303 e. The number of hydrogen-bond donors (Lipinski definition) is 1. The fraction of sp³-hybridized carbons (Fsp3) is 0.692. The van der Waals surface area contributed by atoms with Crippen molar-refractivity contribution >= 4 is 17.3 Å². The lowest BCUT2D eigenvalue weighted by atomic mass is 10.1. The number of thiazole rings is 1. The maximum Gasteiger partial charge on any atom is 0.303 e. The van der Waals surface area contributed by atoms with Gasteiger partial charge in [-0.1, -0.05) is 0 Å². The van der Waals surface area contributed by atoms with Crippen LogP contribution in [0.3, 0.4) is 0 Å². The quantitative estimate of drug-likeness (QED) is 0.805. The molecule has 1 aromatic rings. The summed E-state index contributed by atoms with van der Waals surface area (Å²) in [6.45, 7) is 2.28. The highest BCUT2D eigenvalue weighted by atomic mass is 32.1. The van der Waals surface area contributed by atoms with Crippen LogP contribution in [0.15, 0.2) is 5.38 Å². The Hall–Kier alpha value is -0.940. The van der Waals surface area contributed by atoms with Crippen molar-refractivity contribution in [1.29, 1.82) is 0 Å². The Morgan fingerprint density at radius 2 is 2.44 bits per heavy atom. The van der Waals surface area contributed by atoms with Crippen LogP contribution in [0.5, 0.6) is 0 Å². The molecule has 0 aliphatic carbocycles. The Morgan fingerprint density at radius 3 is 3.11 bits per heavy atom. The zero-order valence-corrected chi connectivity index (χ0v) is 11.6. The first kappa shape index (κ1) is 13.5. The van der Waals surface area contributed by atoms with Crippen molar-refractivity contribution in [2.75, 3.05) is 20.1 Å². The highest BCUT2D eigenvalue weighted by molar-refractivity contribution is 7.09. The van der Waals surface area contributed by atoms with Gasteiger partial charge in [0, 0.05) is 24.3 Å². The molecule has 1 aliphatic heterocycles. The van der Waals surface area contributed by atoms with Crippen molar-refractivity contribution < 1.29 is 9.90 Å². The molecule has 1 saturated heterocycles. The van der Waals surface area contributed by atoms with E-state index in [1.165, 1.54) is 12.1 Å². The lowest BCUT2D eigenvalue weighted by Crippen LogP contribution is -2.13. The number of aryl methyl sites for hydroxylation is 1. The minimum absolute atomic E-state index is 0.269. The highest BCUT2D eigenvalue weighted by Crippen LogP contribution is 2.27. The molecule has 5 heteroatoms. The number of carboxylic acids is 1. The number of carboxylic acid groups (broad SMARTS) is 1. The van der Waals surface area contributed by atoms with Crippen molar-refractivity contribution in [3.05, 3.63) is 16.1 Å². The van der Waals surface area contributed by atoms with E-state index in [1.54, 1.807) is 11.3 Å². The average molecular weight is 268 g/mol. The molecule has 100 valence electrons. The number of rotatable bonds is 6. The molecule has 1 N–H and O–H groups in total. The van der Waals surface area contributed by atoms with Crippen LogP contribution in [0.1, 0.15) is 42.3 Å². The van der Waals surface area contributed by atoms with Crippen molar-refractivity contribution in [1.82, 2.24) is 9.88 Å². The molecule has 0 aromatic carbocycles. The van der Waals surface area contributed by atoms with E-state index in [1.807, 2.05) is 0 Å². The number of carbonyl (C=O) groups is 1. The van der Waals surface area contributed by atoms with Gasteiger partial charge in [0.15, 0.2) is 0 Å². The van der Waals surface area contributed by atoms with Gasteiger partial charge < -0.3 is 10.0 Å². The van der Waals surface area contributed by atoms with Gasteiger partial charge in [-0.15, -0.1) is 11.3 Å².